The highest BCUT2D eigenvalue weighted by Crippen LogP contribution is 2.48. The second-order valence-corrected chi connectivity index (χ2v) is 9.81. The van der Waals surface area contributed by atoms with Gasteiger partial charge in [0.1, 0.15) is 10.4 Å². The van der Waals surface area contributed by atoms with E-state index in [1.807, 2.05) is 19.1 Å². The molecule has 3 aromatic carbocycles. The molecule has 3 rings (SSSR count). The molecule has 0 bridgehead atoms. The molecule has 27 heavy (non-hydrogen) atoms. The Hall–Kier alpha value is -2.46. The van der Waals surface area contributed by atoms with Crippen molar-refractivity contribution in [2.24, 2.45) is 0 Å². The normalized spacial score (nSPS) is 12.7. The van der Waals surface area contributed by atoms with Crippen LogP contribution in [0.15, 0.2) is 89.6 Å². The summed E-state index contributed by atoms with van der Waals surface area (Å²) in [6, 6.07) is 24.9. The molecule has 0 fully saturated rings. The number of aliphatic hydroxyl groups excluding tert-OH is 1. The van der Waals surface area contributed by atoms with Crippen molar-refractivity contribution in [1.29, 1.82) is 0 Å². The quantitative estimate of drug-likeness (QED) is 0.384. The molecule has 0 atom stereocenters. The second-order valence-electron chi connectivity index (χ2n) is 6.00. The van der Waals surface area contributed by atoms with Gasteiger partial charge in [-0.2, -0.15) is 8.42 Å². The van der Waals surface area contributed by atoms with Crippen molar-refractivity contribution >= 4 is 34.4 Å². The van der Waals surface area contributed by atoms with Crippen molar-refractivity contribution in [3.63, 3.8) is 0 Å². The molecule has 0 spiro atoms. The molecule has 3 aromatic rings. The molecule has 2 N–H and O–H groups in total. The largest absolute Gasteiger partial charge is 0.506 e. The van der Waals surface area contributed by atoms with E-state index >= 15 is 0 Å². The Balaban J connectivity index is 2.30. The van der Waals surface area contributed by atoms with Crippen LogP contribution in [0.5, 0.6) is 0 Å². The Morgan fingerprint density at radius 3 is 1.63 bits per heavy atom. The predicted octanol–water partition coefficient (Wildman–Crippen LogP) is 4.20. The predicted molar refractivity (Wildman–Crippen MR) is 111 cm³/mol. The van der Waals surface area contributed by atoms with Gasteiger partial charge in [0.05, 0.1) is 0 Å². The van der Waals surface area contributed by atoms with E-state index in [0.29, 0.717) is 16.2 Å². The Labute approximate surface area is 160 Å². The molecule has 0 saturated heterocycles. The smallest absolute Gasteiger partial charge is 0.299 e. The van der Waals surface area contributed by atoms with Crippen LogP contribution in [-0.4, -0.2) is 18.1 Å². The van der Waals surface area contributed by atoms with Crippen LogP contribution in [0, 0.1) is 6.92 Å². The first-order valence-corrected chi connectivity index (χ1v) is 11.0. The maximum Gasteiger partial charge on any atom is 0.299 e. The second kappa shape index (κ2) is 8.05. The summed E-state index contributed by atoms with van der Waals surface area (Å²) in [6.45, 7) is 1.90. The fourth-order valence-corrected chi connectivity index (χ4v) is 6.68. The zero-order valence-electron chi connectivity index (χ0n) is 14.6. The van der Waals surface area contributed by atoms with E-state index in [1.54, 1.807) is 72.8 Å². The number of hydrogen-bond acceptors (Lipinski definition) is 3. The summed E-state index contributed by atoms with van der Waals surface area (Å²) in [4.78, 5) is 0. The standard InChI is InChI=1S/C21H19O4PS/c1-16-12-14-17(15-13-16)20(22)21(27(23,24)25)26(18-8-4-2-5-9-18)19-10-6-3-7-11-19/h2-15,22H,1H3,(H,23,24,25)/b21-20+. The van der Waals surface area contributed by atoms with Crippen LogP contribution in [0.3, 0.4) is 0 Å². The van der Waals surface area contributed by atoms with Crippen molar-refractivity contribution in [2.75, 3.05) is 0 Å². The van der Waals surface area contributed by atoms with Gasteiger partial charge in [-0.25, -0.2) is 0 Å². The fraction of sp³-hybridized carbons (Fsp3) is 0.0476. The summed E-state index contributed by atoms with van der Waals surface area (Å²) in [7, 11) is -6.34. The number of aliphatic hydroxyl groups is 1. The molecule has 0 unspecified atom stereocenters. The van der Waals surface area contributed by atoms with Gasteiger partial charge in [0.25, 0.3) is 10.1 Å². The highest BCUT2D eigenvalue weighted by atomic mass is 32.2. The van der Waals surface area contributed by atoms with Crippen LogP contribution in [-0.2, 0) is 10.1 Å². The SMILES string of the molecule is Cc1ccc(/C(O)=C(/P(c2ccccc2)c2ccccc2)S(=O)(=O)O)cc1. The Kier molecular flexibility index (Phi) is 5.76. The summed E-state index contributed by atoms with van der Waals surface area (Å²) in [5.41, 5.74) is 1.32. The molecule has 0 heterocycles. The van der Waals surface area contributed by atoms with E-state index in [4.69, 9.17) is 0 Å². The van der Waals surface area contributed by atoms with Crippen LogP contribution in [0.4, 0.5) is 0 Å². The van der Waals surface area contributed by atoms with Crippen LogP contribution < -0.4 is 10.6 Å². The van der Waals surface area contributed by atoms with E-state index in [9.17, 15) is 18.1 Å². The molecule has 0 aliphatic carbocycles. The first-order valence-electron chi connectivity index (χ1n) is 8.26. The molecule has 0 saturated carbocycles. The van der Waals surface area contributed by atoms with Crippen LogP contribution in [0.2, 0.25) is 0 Å². The van der Waals surface area contributed by atoms with E-state index in [1.165, 1.54) is 0 Å². The summed E-state index contributed by atoms with van der Waals surface area (Å²) in [5.74, 6) is -0.434. The number of hydrogen-bond donors (Lipinski definition) is 2. The van der Waals surface area contributed by atoms with E-state index in [2.05, 4.69) is 0 Å². The fourth-order valence-electron chi connectivity index (χ4n) is 2.72. The number of benzene rings is 3. The third kappa shape index (κ3) is 4.45. The van der Waals surface area contributed by atoms with Gasteiger partial charge in [0, 0.05) is 13.5 Å². The first-order chi connectivity index (χ1) is 12.9. The Morgan fingerprint density at radius 1 is 0.778 bits per heavy atom. The zero-order valence-corrected chi connectivity index (χ0v) is 16.4. The van der Waals surface area contributed by atoms with Crippen molar-refractivity contribution in [1.82, 2.24) is 0 Å². The third-order valence-electron chi connectivity index (χ3n) is 4.00. The minimum Gasteiger partial charge on any atom is -0.506 e. The molecular formula is C21H19O4PS. The molecule has 4 nitrogen and oxygen atoms in total. The van der Waals surface area contributed by atoms with E-state index in [-0.39, 0.29) is 4.65 Å². The maximum atomic E-state index is 12.4. The van der Waals surface area contributed by atoms with Crippen molar-refractivity contribution in [3.05, 3.63) is 101 Å². The van der Waals surface area contributed by atoms with Gasteiger partial charge in [-0.15, -0.1) is 0 Å². The van der Waals surface area contributed by atoms with Gasteiger partial charge >= 0.3 is 0 Å². The van der Waals surface area contributed by atoms with Gasteiger partial charge in [-0.1, -0.05) is 90.5 Å². The molecular weight excluding hydrogens is 379 g/mol. The molecule has 0 aliphatic rings. The van der Waals surface area contributed by atoms with Crippen LogP contribution in [0.25, 0.3) is 5.76 Å². The maximum absolute atomic E-state index is 12.4. The van der Waals surface area contributed by atoms with Gasteiger partial charge < -0.3 is 5.11 Å². The topological polar surface area (TPSA) is 74.6 Å². The average Bonchev–Trinajstić information content (AvgIpc) is 2.66. The van der Waals surface area contributed by atoms with E-state index in [0.717, 1.165) is 5.56 Å². The average molecular weight is 398 g/mol. The van der Waals surface area contributed by atoms with Crippen LogP contribution in [0.1, 0.15) is 11.1 Å². The third-order valence-corrected chi connectivity index (χ3v) is 8.17. The molecule has 0 amide bonds. The van der Waals surface area contributed by atoms with Crippen molar-refractivity contribution in [2.45, 2.75) is 6.92 Å². The lowest BCUT2D eigenvalue weighted by molar-refractivity contribution is 0.486. The monoisotopic (exact) mass is 398 g/mol. The molecule has 138 valence electrons. The molecule has 6 heteroatoms. The summed E-state index contributed by atoms with van der Waals surface area (Å²) < 4.78 is 34.4. The van der Waals surface area contributed by atoms with Gasteiger partial charge in [0.2, 0.25) is 0 Å². The molecule has 0 radical (unpaired) electrons. The lowest BCUT2D eigenvalue weighted by Crippen LogP contribution is -2.18. The summed E-state index contributed by atoms with van der Waals surface area (Å²) in [5, 5.41) is 12.3. The molecule has 0 aliphatic heterocycles. The highest BCUT2D eigenvalue weighted by Gasteiger charge is 2.32. The number of rotatable bonds is 5. The number of aryl methyl sites for hydroxylation is 1. The minimum absolute atomic E-state index is 0.340. The van der Waals surface area contributed by atoms with Gasteiger partial charge in [0.15, 0.2) is 0 Å². The minimum atomic E-state index is -4.66. The Bertz CT molecular complexity index is 1000. The lowest BCUT2D eigenvalue weighted by Gasteiger charge is -2.21. The van der Waals surface area contributed by atoms with Crippen molar-refractivity contribution < 1.29 is 18.1 Å². The Morgan fingerprint density at radius 2 is 1.22 bits per heavy atom. The first kappa shape index (κ1) is 19.3. The highest BCUT2D eigenvalue weighted by molar-refractivity contribution is 8.03. The van der Waals surface area contributed by atoms with Crippen molar-refractivity contribution in [3.8, 4) is 0 Å². The summed E-state index contributed by atoms with van der Waals surface area (Å²) in [6.07, 6.45) is 0. The van der Waals surface area contributed by atoms with Gasteiger partial charge in [-0.05, 0) is 17.5 Å². The zero-order chi connectivity index (χ0) is 19.4. The molecule has 0 aromatic heterocycles. The summed E-state index contributed by atoms with van der Waals surface area (Å²) >= 11 is 0. The van der Waals surface area contributed by atoms with Crippen LogP contribution >= 0.6 is 7.92 Å². The van der Waals surface area contributed by atoms with Gasteiger partial charge in [-0.3, -0.25) is 4.55 Å². The van der Waals surface area contributed by atoms with E-state index < -0.39 is 23.8 Å². The lowest BCUT2D eigenvalue weighted by atomic mass is 10.1.